The highest BCUT2D eigenvalue weighted by Crippen LogP contribution is 2.30. The lowest BCUT2D eigenvalue weighted by atomic mass is 10.0. The molecule has 0 bridgehead atoms. The van der Waals surface area contributed by atoms with Gasteiger partial charge < -0.3 is 10.6 Å². The van der Waals surface area contributed by atoms with Crippen LogP contribution in [0.5, 0.6) is 0 Å². The van der Waals surface area contributed by atoms with E-state index in [9.17, 15) is 4.39 Å². The van der Waals surface area contributed by atoms with Gasteiger partial charge in [0.05, 0.1) is 5.69 Å². The second-order valence-electron chi connectivity index (χ2n) is 3.54. The summed E-state index contributed by atoms with van der Waals surface area (Å²) in [5.74, 6) is -0.197. The van der Waals surface area contributed by atoms with Crippen molar-refractivity contribution in [3.63, 3.8) is 0 Å². The zero-order valence-electron chi connectivity index (χ0n) is 7.68. The third-order valence-corrected chi connectivity index (χ3v) is 2.49. The summed E-state index contributed by atoms with van der Waals surface area (Å²) in [6.45, 7) is 0.924. The predicted molar refractivity (Wildman–Crippen MR) is 52.4 cm³/mol. The van der Waals surface area contributed by atoms with Gasteiger partial charge in [0.15, 0.2) is 0 Å². The molecule has 0 spiro atoms. The second kappa shape index (κ2) is 2.91. The average Bonchev–Trinajstić information content (AvgIpc) is 2.02. The summed E-state index contributed by atoms with van der Waals surface area (Å²) in [6, 6.07) is 3.26. The molecule has 0 aromatic heterocycles. The number of anilines is 2. The fourth-order valence-electron chi connectivity index (χ4n) is 1.92. The van der Waals surface area contributed by atoms with Crippen LogP contribution in [0.15, 0.2) is 12.1 Å². The third-order valence-electron chi connectivity index (χ3n) is 2.49. The lowest BCUT2D eigenvalue weighted by Gasteiger charge is -2.28. The summed E-state index contributed by atoms with van der Waals surface area (Å²) in [5.41, 5.74) is 7.85. The van der Waals surface area contributed by atoms with E-state index < -0.39 is 0 Å². The van der Waals surface area contributed by atoms with E-state index in [1.54, 1.807) is 0 Å². The molecular weight excluding hydrogens is 167 g/mol. The maximum atomic E-state index is 13.5. The van der Waals surface area contributed by atoms with Gasteiger partial charge in [-0.15, -0.1) is 0 Å². The van der Waals surface area contributed by atoms with Crippen LogP contribution < -0.4 is 10.6 Å². The molecule has 13 heavy (non-hydrogen) atoms. The summed E-state index contributed by atoms with van der Waals surface area (Å²) in [4.78, 5) is 1.95. The predicted octanol–water partition coefficient (Wildman–Crippen LogP) is 1.79. The molecule has 0 amide bonds. The van der Waals surface area contributed by atoms with Crippen LogP contribution in [0.1, 0.15) is 12.0 Å². The highest BCUT2D eigenvalue weighted by molar-refractivity contribution is 5.61. The van der Waals surface area contributed by atoms with Gasteiger partial charge in [0.2, 0.25) is 0 Å². The van der Waals surface area contributed by atoms with Crippen LogP contribution in [-0.2, 0) is 6.42 Å². The number of hydrogen-bond acceptors (Lipinski definition) is 2. The average molecular weight is 180 g/mol. The van der Waals surface area contributed by atoms with E-state index >= 15 is 0 Å². The minimum atomic E-state index is -0.197. The molecule has 1 aromatic rings. The summed E-state index contributed by atoms with van der Waals surface area (Å²) in [5, 5.41) is 0. The number of benzene rings is 1. The first-order valence-corrected chi connectivity index (χ1v) is 4.47. The van der Waals surface area contributed by atoms with Crippen LogP contribution in [0.3, 0.4) is 0 Å². The van der Waals surface area contributed by atoms with E-state index in [0.29, 0.717) is 5.69 Å². The molecule has 0 unspecified atom stereocenters. The molecule has 0 saturated carbocycles. The van der Waals surface area contributed by atoms with Crippen molar-refractivity contribution in [1.29, 1.82) is 0 Å². The van der Waals surface area contributed by atoms with Crippen molar-refractivity contribution < 1.29 is 4.39 Å². The van der Waals surface area contributed by atoms with Crippen LogP contribution in [0, 0.1) is 5.82 Å². The van der Waals surface area contributed by atoms with Crippen LogP contribution in [0.2, 0.25) is 0 Å². The lowest BCUT2D eigenvalue weighted by molar-refractivity contribution is 0.609. The molecular formula is C10H13FN2. The van der Waals surface area contributed by atoms with Crippen molar-refractivity contribution in [3.05, 3.63) is 23.5 Å². The Kier molecular flexibility index (Phi) is 1.87. The van der Waals surface area contributed by atoms with Crippen molar-refractivity contribution >= 4 is 11.4 Å². The number of nitrogens with zero attached hydrogens (tertiary/aromatic N) is 1. The molecule has 2 nitrogen and oxygen atoms in total. The van der Waals surface area contributed by atoms with Gasteiger partial charge in [0.1, 0.15) is 5.82 Å². The number of halogens is 1. The van der Waals surface area contributed by atoms with E-state index in [0.717, 1.165) is 30.6 Å². The van der Waals surface area contributed by atoms with E-state index in [1.165, 1.54) is 6.07 Å². The first kappa shape index (κ1) is 8.35. The molecule has 0 saturated heterocycles. The molecule has 2 rings (SSSR count). The molecule has 0 fully saturated rings. The minimum Gasteiger partial charge on any atom is -0.399 e. The smallest absolute Gasteiger partial charge is 0.148 e. The molecule has 1 aromatic carbocycles. The number of rotatable bonds is 0. The monoisotopic (exact) mass is 180 g/mol. The Balaban J connectivity index is 2.56. The van der Waals surface area contributed by atoms with E-state index in [1.807, 2.05) is 18.0 Å². The number of aryl methyl sites for hydroxylation is 1. The number of nitrogens with two attached hydrogens (primary N) is 1. The Labute approximate surface area is 77.2 Å². The third kappa shape index (κ3) is 1.34. The lowest BCUT2D eigenvalue weighted by Crippen LogP contribution is -2.25. The number of fused-ring (bicyclic) bond motifs is 1. The maximum Gasteiger partial charge on any atom is 0.148 e. The Morgan fingerprint density at radius 2 is 2.23 bits per heavy atom. The Bertz CT molecular complexity index is 336. The zero-order valence-corrected chi connectivity index (χ0v) is 7.68. The van der Waals surface area contributed by atoms with Crippen LogP contribution in [0.25, 0.3) is 0 Å². The SMILES string of the molecule is CN1CCCc2cc(N)cc(F)c21. The van der Waals surface area contributed by atoms with Crippen molar-refractivity contribution in [2.45, 2.75) is 12.8 Å². The topological polar surface area (TPSA) is 29.3 Å². The van der Waals surface area contributed by atoms with Crippen molar-refractivity contribution in [1.82, 2.24) is 0 Å². The van der Waals surface area contributed by atoms with Gasteiger partial charge in [0.25, 0.3) is 0 Å². The molecule has 1 heterocycles. The molecule has 1 aliphatic heterocycles. The molecule has 1 aliphatic rings. The van der Waals surface area contributed by atoms with Gasteiger partial charge >= 0.3 is 0 Å². The van der Waals surface area contributed by atoms with Crippen molar-refractivity contribution in [3.8, 4) is 0 Å². The van der Waals surface area contributed by atoms with Crippen LogP contribution >= 0.6 is 0 Å². The zero-order chi connectivity index (χ0) is 9.42. The number of hydrogen-bond donors (Lipinski definition) is 1. The number of nitrogen functional groups attached to an aromatic ring is 1. The Hall–Kier alpha value is -1.25. The van der Waals surface area contributed by atoms with E-state index in [4.69, 9.17) is 5.73 Å². The van der Waals surface area contributed by atoms with Gasteiger partial charge in [-0.05, 0) is 30.5 Å². The van der Waals surface area contributed by atoms with Crippen LogP contribution in [-0.4, -0.2) is 13.6 Å². The Morgan fingerprint density at radius 3 is 3.00 bits per heavy atom. The van der Waals surface area contributed by atoms with Crippen molar-refractivity contribution in [2.75, 3.05) is 24.2 Å². The van der Waals surface area contributed by atoms with Gasteiger partial charge in [-0.25, -0.2) is 4.39 Å². The largest absolute Gasteiger partial charge is 0.399 e. The second-order valence-corrected chi connectivity index (χ2v) is 3.54. The Morgan fingerprint density at radius 1 is 1.46 bits per heavy atom. The van der Waals surface area contributed by atoms with E-state index in [-0.39, 0.29) is 5.82 Å². The van der Waals surface area contributed by atoms with Crippen molar-refractivity contribution in [2.24, 2.45) is 0 Å². The fourth-order valence-corrected chi connectivity index (χ4v) is 1.92. The molecule has 0 radical (unpaired) electrons. The fraction of sp³-hybridized carbons (Fsp3) is 0.400. The maximum absolute atomic E-state index is 13.5. The van der Waals surface area contributed by atoms with Gasteiger partial charge in [-0.1, -0.05) is 0 Å². The quantitative estimate of drug-likeness (QED) is 0.617. The molecule has 70 valence electrons. The summed E-state index contributed by atoms with van der Waals surface area (Å²) >= 11 is 0. The normalized spacial score (nSPS) is 15.7. The molecule has 3 heteroatoms. The molecule has 0 aliphatic carbocycles. The molecule has 0 atom stereocenters. The van der Waals surface area contributed by atoms with Gasteiger partial charge in [0, 0.05) is 19.3 Å². The molecule has 2 N–H and O–H groups in total. The summed E-state index contributed by atoms with van der Waals surface area (Å²) < 4.78 is 13.5. The highest BCUT2D eigenvalue weighted by atomic mass is 19.1. The van der Waals surface area contributed by atoms with E-state index in [2.05, 4.69) is 0 Å². The summed E-state index contributed by atoms with van der Waals surface area (Å²) in [6.07, 6.45) is 2.01. The minimum absolute atomic E-state index is 0.197. The summed E-state index contributed by atoms with van der Waals surface area (Å²) in [7, 11) is 1.91. The van der Waals surface area contributed by atoms with Gasteiger partial charge in [-0.3, -0.25) is 0 Å². The first-order valence-electron chi connectivity index (χ1n) is 4.47. The van der Waals surface area contributed by atoms with Gasteiger partial charge in [-0.2, -0.15) is 0 Å². The highest BCUT2D eigenvalue weighted by Gasteiger charge is 2.17. The van der Waals surface area contributed by atoms with Crippen LogP contribution in [0.4, 0.5) is 15.8 Å². The standard InChI is InChI=1S/C10H13FN2/c1-13-4-2-3-7-5-8(12)6-9(11)10(7)13/h5-6H,2-4,12H2,1H3. The first-order chi connectivity index (χ1) is 6.18.